The highest BCUT2D eigenvalue weighted by Gasteiger charge is 2.15. The number of carbonyl (C=O) groups excluding carboxylic acids is 1. The molecule has 1 aliphatic rings. The first-order chi connectivity index (χ1) is 8.20. The van der Waals surface area contributed by atoms with E-state index in [2.05, 4.69) is 5.32 Å². The molecule has 1 aliphatic heterocycles. The number of amides is 1. The summed E-state index contributed by atoms with van der Waals surface area (Å²) in [6.45, 7) is 3.15. The van der Waals surface area contributed by atoms with Crippen LogP contribution in [-0.4, -0.2) is 19.1 Å². The Hall–Kier alpha value is -1.55. The van der Waals surface area contributed by atoms with Crippen LogP contribution in [0, 0.1) is 5.92 Å². The third kappa shape index (κ3) is 2.77. The summed E-state index contributed by atoms with van der Waals surface area (Å²) >= 11 is 0. The SMILES string of the molecule is CC(CCN)C(=O)Nc1ccc2c(c1)CCO2. The van der Waals surface area contributed by atoms with Crippen molar-refractivity contribution in [3.8, 4) is 5.75 Å². The number of carbonyl (C=O) groups is 1. The first-order valence-corrected chi connectivity index (χ1v) is 5.97. The van der Waals surface area contributed by atoms with E-state index in [0.717, 1.165) is 30.0 Å². The third-order valence-corrected chi connectivity index (χ3v) is 3.00. The van der Waals surface area contributed by atoms with E-state index in [0.29, 0.717) is 13.0 Å². The average molecular weight is 234 g/mol. The maximum Gasteiger partial charge on any atom is 0.227 e. The molecule has 0 aromatic heterocycles. The smallest absolute Gasteiger partial charge is 0.227 e. The molecule has 92 valence electrons. The van der Waals surface area contributed by atoms with E-state index in [1.165, 1.54) is 0 Å². The van der Waals surface area contributed by atoms with E-state index in [4.69, 9.17) is 10.5 Å². The maximum absolute atomic E-state index is 11.8. The molecule has 1 heterocycles. The molecule has 0 saturated carbocycles. The number of nitrogens with one attached hydrogen (secondary N) is 1. The minimum atomic E-state index is -0.0514. The van der Waals surface area contributed by atoms with Crippen LogP contribution >= 0.6 is 0 Å². The molecule has 0 aliphatic carbocycles. The van der Waals surface area contributed by atoms with Crippen molar-refractivity contribution in [3.63, 3.8) is 0 Å². The van der Waals surface area contributed by atoms with Gasteiger partial charge in [0.2, 0.25) is 5.91 Å². The van der Waals surface area contributed by atoms with Gasteiger partial charge in [0.25, 0.3) is 0 Å². The molecular formula is C13H18N2O2. The van der Waals surface area contributed by atoms with E-state index in [1.54, 1.807) is 0 Å². The Bertz CT molecular complexity index is 418. The van der Waals surface area contributed by atoms with Crippen LogP contribution in [0.2, 0.25) is 0 Å². The number of rotatable bonds is 4. The lowest BCUT2D eigenvalue weighted by molar-refractivity contribution is -0.119. The molecule has 0 saturated heterocycles. The summed E-state index contributed by atoms with van der Waals surface area (Å²) in [4.78, 5) is 11.8. The highest BCUT2D eigenvalue weighted by Crippen LogP contribution is 2.28. The molecule has 0 fully saturated rings. The first kappa shape index (κ1) is 11.9. The van der Waals surface area contributed by atoms with Gasteiger partial charge in [-0.2, -0.15) is 0 Å². The molecule has 4 heteroatoms. The predicted molar refractivity (Wildman–Crippen MR) is 67.1 cm³/mol. The molecule has 1 aromatic rings. The van der Waals surface area contributed by atoms with Crippen molar-refractivity contribution >= 4 is 11.6 Å². The summed E-state index contributed by atoms with van der Waals surface area (Å²) in [7, 11) is 0. The Labute approximate surface area is 101 Å². The van der Waals surface area contributed by atoms with Crippen LogP contribution < -0.4 is 15.8 Å². The summed E-state index contributed by atoms with van der Waals surface area (Å²) < 4.78 is 5.42. The van der Waals surface area contributed by atoms with Crippen molar-refractivity contribution in [3.05, 3.63) is 23.8 Å². The molecule has 0 bridgehead atoms. The second-order valence-electron chi connectivity index (χ2n) is 4.39. The van der Waals surface area contributed by atoms with Gasteiger partial charge in [0.05, 0.1) is 6.61 Å². The van der Waals surface area contributed by atoms with E-state index in [-0.39, 0.29) is 11.8 Å². The van der Waals surface area contributed by atoms with Crippen LogP contribution in [0.1, 0.15) is 18.9 Å². The van der Waals surface area contributed by atoms with E-state index >= 15 is 0 Å². The van der Waals surface area contributed by atoms with Crippen LogP contribution in [0.5, 0.6) is 5.75 Å². The standard InChI is InChI=1S/C13H18N2O2/c1-9(4-6-14)13(16)15-11-2-3-12-10(8-11)5-7-17-12/h2-3,8-9H,4-7,14H2,1H3,(H,15,16). The fourth-order valence-electron chi connectivity index (χ4n) is 1.91. The highest BCUT2D eigenvalue weighted by molar-refractivity contribution is 5.92. The van der Waals surface area contributed by atoms with Crippen molar-refractivity contribution in [1.29, 1.82) is 0 Å². The molecule has 1 atom stereocenters. The Morgan fingerprint density at radius 2 is 2.41 bits per heavy atom. The molecular weight excluding hydrogens is 216 g/mol. The van der Waals surface area contributed by atoms with Gasteiger partial charge in [-0.05, 0) is 36.7 Å². The van der Waals surface area contributed by atoms with E-state index in [1.807, 2.05) is 25.1 Å². The lowest BCUT2D eigenvalue weighted by Crippen LogP contribution is -2.22. The molecule has 17 heavy (non-hydrogen) atoms. The van der Waals surface area contributed by atoms with Gasteiger partial charge in [0.1, 0.15) is 5.75 Å². The molecule has 0 radical (unpaired) electrons. The van der Waals surface area contributed by atoms with Crippen LogP contribution in [0.25, 0.3) is 0 Å². The van der Waals surface area contributed by atoms with Gasteiger partial charge in [-0.3, -0.25) is 4.79 Å². The van der Waals surface area contributed by atoms with Gasteiger partial charge in [0.15, 0.2) is 0 Å². The number of anilines is 1. The molecule has 1 amide bonds. The van der Waals surface area contributed by atoms with Gasteiger partial charge in [-0.25, -0.2) is 0 Å². The van der Waals surface area contributed by atoms with Gasteiger partial charge < -0.3 is 15.8 Å². The van der Waals surface area contributed by atoms with Crippen molar-refractivity contribution in [2.75, 3.05) is 18.5 Å². The average Bonchev–Trinajstić information content (AvgIpc) is 2.76. The zero-order valence-electron chi connectivity index (χ0n) is 10.0. The number of hydrogen-bond donors (Lipinski definition) is 2. The summed E-state index contributed by atoms with van der Waals surface area (Å²) in [5.41, 5.74) is 7.44. The summed E-state index contributed by atoms with van der Waals surface area (Å²) in [5.74, 6) is 0.900. The fourth-order valence-corrected chi connectivity index (χ4v) is 1.91. The Morgan fingerprint density at radius 3 is 3.18 bits per heavy atom. The molecule has 1 unspecified atom stereocenters. The highest BCUT2D eigenvalue weighted by atomic mass is 16.5. The second kappa shape index (κ2) is 5.19. The molecule has 3 N–H and O–H groups in total. The Balaban J connectivity index is 2.01. The van der Waals surface area contributed by atoms with Gasteiger partial charge in [-0.1, -0.05) is 6.92 Å². The van der Waals surface area contributed by atoms with Crippen molar-refractivity contribution in [2.24, 2.45) is 11.7 Å². The largest absolute Gasteiger partial charge is 0.493 e. The van der Waals surface area contributed by atoms with E-state index < -0.39 is 0 Å². The zero-order chi connectivity index (χ0) is 12.3. The quantitative estimate of drug-likeness (QED) is 0.830. The summed E-state index contributed by atoms with van der Waals surface area (Å²) in [6, 6.07) is 5.76. The molecule has 1 aromatic carbocycles. The van der Waals surface area contributed by atoms with Gasteiger partial charge >= 0.3 is 0 Å². The topological polar surface area (TPSA) is 64.4 Å². The number of hydrogen-bond acceptors (Lipinski definition) is 3. The molecule has 2 rings (SSSR count). The van der Waals surface area contributed by atoms with Crippen molar-refractivity contribution < 1.29 is 9.53 Å². The Kier molecular flexibility index (Phi) is 3.64. The minimum absolute atomic E-state index is 0.0225. The zero-order valence-corrected chi connectivity index (χ0v) is 10.0. The third-order valence-electron chi connectivity index (χ3n) is 3.00. The first-order valence-electron chi connectivity index (χ1n) is 5.97. The maximum atomic E-state index is 11.8. The van der Waals surface area contributed by atoms with Crippen LogP contribution in [0.15, 0.2) is 18.2 Å². The van der Waals surface area contributed by atoms with E-state index in [9.17, 15) is 4.79 Å². The van der Waals surface area contributed by atoms with Gasteiger partial charge in [-0.15, -0.1) is 0 Å². The number of nitrogens with two attached hydrogens (primary N) is 1. The Morgan fingerprint density at radius 1 is 1.59 bits per heavy atom. The number of fused-ring (bicyclic) bond motifs is 1. The molecule has 4 nitrogen and oxygen atoms in total. The normalized spacial score (nSPS) is 14.9. The summed E-state index contributed by atoms with van der Waals surface area (Å²) in [5, 5.41) is 2.91. The second-order valence-corrected chi connectivity index (χ2v) is 4.39. The minimum Gasteiger partial charge on any atom is -0.493 e. The van der Waals surface area contributed by atoms with Crippen molar-refractivity contribution in [2.45, 2.75) is 19.8 Å². The van der Waals surface area contributed by atoms with Crippen LogP contribution in [0.3, 0.4) is 0 Å². The summed E-state index contributed by atoms with van der Waals surface area (Å²) in [6.07, 6.45) is 1.62. The fraction of sp³-hybridized carbons (Fsp3) is 0.462. The molecule has 0 spiro atoms. The van der Waals surface area contributed by atoms with Gasteiger partial charge in [0, 0.05) is 18.0 Å². The lowest BCUT2D eigenvalue weighted by Gasteiger charge is -2.11. The van der Waals surface area contributed by atoms with Crippen LogP contribution in [0.4, 0.5) is 5.69 Å². The number of ether oxygens (including phenoxy) is 1. The van der Waals surface area contributed by atoms with Crippen molar-refractivity contribution in [1.82, 2.24) is 0 Å². The number of benzene rings is 1. The predicted octanol–water partition coefficient (Wildman–Crippen LogP) is 1.54. The lowest BCUT2D eigenvalue weighted by atomic mass is 10.1. The van der Waals surface area contributed by atoms with Crippen LogP contribution in [-0.2, 0) is 11.2 Å². The monoisotopic (exact) mass is 234 g/mol.